The van der Waals surface area contributed by atoms with Crippen molar-refractivity contribution in [2.45, 2.75) is 58.7 Å². The average Bonchev–Trinajstić information content (AvgIpc) is 2.83. The van der Waals surface area contributed by atoms with E-state index in [2.05, 4.69) is 10.3 Å². The summed E-state index contributed by atoms with van der Waals surface area (Å²) in [6, 6.07) is -0.754. The van der Waals surface area contributed by atoms with Gasteiger partial charge < -0.3 is 10.2 Å². The molecule has 1 saturated heterocycles. The summed E-state index contributed by atoms with van der Waals surface area (Å²) in [4.78, 5) is 30.8. The van der Waals surface area contributed by atoms with Crippen LogP contribution in [0.5, 0.6) is 0 Å². The van der Waals surface area contributed by atoms with E-state index >= 15 is 0 Å². The summed E-state index contributed by atoms with van der Waals surface area (Å²) in [6.45, 7) is 6.30. The molecule has 1 N–H and O–H groups in total. The van der Waals surface area contributed by atoms with Crippen molar-refractivity contribution in [1.82, 2.24) is 15.2 Å². The van der Waals surface area contributed by atoms with Gasteiger partial charge in [-0.3, -0.25) is 9.59 Å². The van der Waals surface area contributed by atoms with E-state index in [1.165, 1.54) is 11.3 Å². The minimum atomic E-state index is -0.392. The lowest BCUT2D eigenvalue weighted by molar-refractivity contribution is -0.150. The number of rotatable bonds is 5. The van der Waals surface area contributed by atoms with Gasteiger partial charge in [0.1, 0.15) is 17.1 Å². The molecule has 2 heterocycles. The smallest absolute Gasteiger partial charge is 0.246 e. The van der Waals surface area contributed by atoms with E-state index in [0.29, 0.717) is 19.4 Å². The SMILES string of the molecule is CCCC1C(=O)NC(CC)C(=O)N1Cc1nc(C)cs1. The fraction of sp³-hybridized carbons (Fsp3) is 0.643. The molecule has 1 aromatic heterocycles. The molecule has 0 radical (unpaired) electrons. The second kappa shape index (κ2) is 6.35. The number of carbonyl (C=O) groups excluding carboxylic acids is 2. The molecule has 1 fully saturated rings. The van der Waals surface area contributed by atoms with Crippen molar-refractivity contribution in [3.63, 3.8) is 0 Å². The van der Waals surface area contributed by atoms with Gasteiger partial charge >= 0.3 is 0 Å². The maximum atomic E-state index is 12.5. The molecule has 2 unspecified atom stereocenters. The Morgan fingerprint density at radius 1 is 1.40 bits per heavy atom. The van der Waals surface area contributed by atoms with Crippen LogP contribution in [0, 0.1) is 6.92 Å². The van der Waals surface area contributed by atoms with Gasteiger partial charge in [0, 0.05) is 11.1 Å². The van der Waals surface area contributed by atoms with Crippen molar-refractivity contribution >= 4 is 23.2 Å². The Labute approximate surface area is 123 Å². The van der Waals surface area contributed by atoms with Crippen LogP contribution in [0.25, 0.3) is 0 Å². The van der Waals surface area contributed by atoms with Crippen molar-refractivity contribution in [2.75, 3.05) is 0 Å². The van der Waals surface area contributed by atoms with Crippen LogP contribution >= 0.6 is 11.3 Å². The summed E-state index contributed by atoms with van der Waals surface area (Å²) in [5, 5.41) is 5.68. The van der Waals surface area contributed by atoms with Gasteiger partial charge in [0.2, 0.25) is 11.8 Å². The third-order valence-corrected chi connectivity index (χ3v) is 4.47. The minimum Gasteiger partial charge on any atom is -0.343 e. The van der Waals surface area contributed by atoms with Gasteiger partial charge in [-0.1, -0.05) is 20.3 Å². The minimum absolute atomic E-state index is 0.0124. The molecule has 2 atom stereocenters. The summed E-state index contributed by atoms with van der Waals surface area (Å²) in [5.74, 6) is -0.0232. The van der Waals surface area contributed by atoms with Crippen molar-refractivity contribution in [3.8, 4) is 0 Å². The van der Waals surface area contributed by atoms with Gasteiger partial charge in [-0.15, -0.1) is 11.3 Å². The van der Waals surface area contributed by atoms with E-state index in [0.717, 1.165) is 17.1 Å². The van der Waals surface area contributed by atoms with Crippen molar-refractivity contribution in [2.24, 2.45) is 0 Å². The highest BCUT2D eigenvalue weighted by Crippen LogP contribution is 2.21. The first-order chi connectivity index (χ1) is 9.56. The molecular formula is C14H21N3O2S. The van der Waals surface area contributed by atoms with Crippen LogP contribution in [0.3, 0.4) is 0 Å². The van der Waals surface area contributed by atoms with Crippen LogP contribution in [0.1, 0.15) is 43.8 Å². The molecule has 1 aromatic rings. The second-order valence-corrected chi connectivity index (χ2v) is 6.07. The molecule has 2 rings (SSSR count). The average molecular weight is 295 g/mol. The Balaban J connectivity index is 2.22. The zero-order valence-corrected chi connectivity index (χ0v) is 13.0. The molecule has 0 spiro atoms. The van der Waals surface area contributed by atoms with Crippen LogP contribution in [0.4, 0.5) is 0 Å². The number of aryl methyl sites for hydroxylation is 1. The Morgan fingerprint density at radius 2 is 2.15 bits per heavy atom. The zero-order valence-electron chi connectivity index (χ0n) is 12.2. The van der Waals surface area contributed by atoms with Crippen LogP contribution in [-0.2, 0) is 16.1 Å². The maximum Gasteiger partial charge on any atom is 0.246 e. The fourth-order valence-electron chi connectivity index (χ4n) is 2.47. The van der Waals surface area contributed by atoms with E-state index in [4.69, 9.17) is 0 Å². The molecule has 6 heteroatoms. The zero-order chi connectivity index (χ0) is 14.7. The quantitative estimate of drug-likeness (QED) is 0.902. The number of thiazole rings is 1. The van der Waals surface area contributed by atoms with E-state index in [9.17, 15) is 9.59 Å². The van der Waals surface area contributed by atoms with Crippen molar-refractivity contribution < 1.29 is 9.59 Å². The molecule has 20 heavy (non-hydrogen) atoms. The normalized spacial score (nSPS) is 23.1. The number of piperazine rings is 1. The Hall–Kier alpha value is -1.43. The van der Waals surface area contributed by atoms with E-state index in [1.54, 1.807) is 4.90 Å². The summed E-state index contributed by atoms with van der Waals surface area (Å²) >= 11 is 1.54. The standard InChI is InChI=1S/C14H21N3O2S/c1-4-6-11-13(18)16-10(5-2)14(19)17(11)7-12-15-9(3)8-20-12/h8,10-11H,4-7H2,1-3H3,(H,16,18). The molecular weight excluding hydrogens is 274 g/mol. The maximum absolute atomic E-state index is 12.5. The predicted molar refractivity (Wildman–Crippen MR) is 78.3 cm³/mol. The van der Waals surface area contributed by atoms with Crippen molar-refractivity contribution in [3.05, 3.63) is 16.1 Å². The number of nitrogens with one attached hydrogen (secondary N) is 1. The lowest BCUT2D eigenvalue weighted by Gasteiger charge is -2.38. The first-order valence-corrected chi connectivity index (χ1v) is 7.96. The summed E-state index contributed by atoms with van der Waals surface area (Å²) in [7, 11) is 0. The highest BCUT2D eigenvalue weighted by atomic mass is 32.1. The molecule has 1 aliphatic rings. The van der Waals surface area contributed by atoms with Crippen LogP contribution in [0.2, 0.25) is 0 Å². The highest BCUT2D eigenvalue weighted by Gasteiger charge is 2.39. The Morgan fingerprint density at radius 3 is 2.70 bits per heavy atom. The summed E-state index contributed by atoms with van der Waals surface area (Å²) in [6.07, 6.45) is 2.19. The molecule has 5 nitrogen and oxygen atoms in total. The van der Waals surface area contributed by atoms with Gasteiger partial charge in [-0.2, -0.15) is 0 Å². The molecule has 0 saturated carbocycles. The Kier molecular flexibility index (Phi) is 4.75. The Bertz CT molecular complexity index is 500. The monoisotopic (exact) mass is 295 g/mol. The summed E-state index contributed by atoms with van der Waals surface area (Å²) < 4.78 is 0. The van der Waals surface area contributed by atoms with Crippen LogP contribution < -0.4 is 5.32 Å². The highest BCUT2D eigenvalue weighted by molar-refractivity contribution is 7.09. The fourth-order valence-corrected chi connectivity index (χ4v) is 3.24. The second-order valence-electron chi connectivity index (χ2n) is 5.12. The first-order valence-electron chi connectivity index (χ1n) is 7.08. The first kappa shape index (κ1) is 15.0. The van der Waals surface area contributed by atoms with Crippen molar-refractivity contribution in [1.29, 1.82) is 0 Å². The number of aromatic nitrogens is 1. The van der Waals surface area contributed by atoms with Gasteiger partial charge in [0.25, 0.3) is 0 Å². The van der Waals surface area contributed by atoms with E-state index < -0.39 is 6.04 Å². The molecule has 0 aliphatic carbocycles. The topological polar surface area (TPSA) is 62.3 Å². The van der Waals surface area contributed by atoms with Gasteiger partial charge in [-0.25, -0.2) is 4.98 Å². The number of hydrogen-bond acceptors (Lipinski definition) is 4. The van der Waals surface area contributed by atoms with Crippen LogP contribution in [0.15, 0.2) is 5.38 Å². The number of nitrogens with zero attached hydrogens (tertiary/aromatic N) is 2. The van der Waals surface area contributed by atoms with Crippen LogP contribution in [-0.4, -0.2) is 33.8 Å². The van der Waals surface area contributed by atoms with Gasteiger partial charge in [-0.05, 0) is 19.8 Å². The lowest BCUT2D eigenvalue weighted by Crippen LogP contribution is -2.62. The predicted octanol–water partition coefficient (Wildman–Crippen LogP) is 1.86. The van der Waals surface area contributed by atoms with Gasteiger partial charge in [0.15, 0.2) is 0 Å². The number of amides is 2. The molecule has 110 valence electrons. The lowest BCUT2D eigenvalue weighted by atomic mass is 10.0. The number of carbonyl (C=O) groups is 2. The van der Waals surface area contributed by atoms with Gasteiger partial charge in [0.05, 0.1) is 6.54 Å². The third-order valence-electron chi connectivity index (χ3n) is 3.52. The molecule has 0 bridgehead atoms. The third kappa shape index (κ3) is 3.00. The molecule has 1 aliphatic heterocycles. The van der Waals surface area contributed by atoms with E-state index in [-0.39, 0.29) is 17.9 Å². The molecule has 0 aromatic carbocycles. The summed E-state index contributed by atoms with van der Waals surface area (Å²) in [5.41, 5.74) is 0.956. The van der Waals surface area contributed by atoms with E-state index in [1.807, 2.05) is 26.2 Å². The number of hydrogen-bond donors (Lipinski definition) is 1. The largest absolute Gasteiger partial charge is 0.343 e. The molecule has 2 amide bonds.